The molecule has 0 rings (SSSR count). The molecule has 0 heterocycles. The summed E-state index contributed by atoms with van der Waals surface area (Å²) in [5.41, 5.74) is 0. The summed E-state index contributed by atoms with van der Waals surface area (Å²) in [6.07, 6.45) is 11.8. The molecule has 0 aromatic rings. The minimum absolute atomic E-state index is 0.810. The van der Waals surface area contributed by atoms with Crippen LogP contribution in [0.1, 0.15) is 85.5 Å². The fraction of sp³-hybridized carbons (Fsp3) is 1.00. The maximum absolute atomic E-state index is 3.58. The molecule has 0 fully saturated rings. The molecule has 4 N–H and O–H groups in total. The monoisotopic (exact) mass is 384 g/mol. The molecule has 0 unspecified atom stereocenters. The van der Waals surface area contributed by atoms with Crippen molar-refractivity contribution >= 4 is 0 Å². The third-order valence-electron chi connectivity index (χ3n) is 5.50. The first-order valence-electron chi connectivity index (χ1n) is 12.0. The summed E-state index contributed by atoms with van der Waals surface area (Å²) in [5.74, 6) is 1.62. The van der Waals surface area contributed by atoms with Crippen LogP contribution in [0.2, 0.25) is 0 Å². The van der Waals surface area contributed by atoms with Gasteiger partial charge in [-0.3, -0.25) is 0 Å². The molecule has 0 saturated heterocycles. The molecular weight excluding hydrogens is 332 g/mol. The van der Waals surface area contributed by atoms with E-state index in [-0.39, 0.29) is 0 Å². The van der Waals surface area contributed by atoms with Gasteiger partial charge in [0, 0.05) is 0 Å². The van der Waals surface area contributed by atoms with Gasteiger partial charge in [-0.25, -0.2) is 0 Å². The molecule has 0 amide bonds. The third kappa shape index (κ3) is 22.0. The van der Waals surface area contributed by atoms with Gasteiger partial charge in [0.1, 0.15) is 0 Å². The van der Waals surface area contributed by atoms with E-state index in [1.54, 1.807) is 0 Å². The Kier molecular flexibility index (Phi) is 22.0. The first-order chi connectivity index (χ1) is 13.2. The van der Waals surface area contributed by atoms with Crippen LogP contribution in [0.5, 0.6) is 0 Å². The van der Waals surface area contributed by atoms with Crippen molar-refractivity contribution in [3.8, 4) is 0 Å². The summed E-state index contributed by atoms with van der Waals surface area (Å²) in [7, 11) is 0. The smallest absolute Gasteiger partial charge is 0.00232 e. The average molecular weight is 385 g/mol. The van der Waals surface area contributed by atoms with Crippen LogP contribution in [-0.2, 0) is 0 Å². The first-order valence-corrected chi connectivity index (χ1v) is 12.0. The lowest BCUT2D eigenvalue weighted by Gasteiger charge is -2.10. The Balaban J connectivity index is 3.03. The SMILES string of the molecule is CC[C@H](C)CNCCCNCCCCCCCNCCCNC[C@@H](C)CC. The molecule has 0 aliphatic heterocycles. The second-order valence-corrected chi connectivity index (χ2v) is 8.41. The van der Waals surface area contributed by atoms with Crippen molar-refractivity contribution in [3.63, 3.8) is 0 Å². The van der Waals surface area contributed by atoms with Gasteiger partial charge in [-0.05, 0) is 89.9 Å². The average Bonchev–Trinajstić information content (AvgIpc) is 2.69. The highest BCUT2D eigenvalue weighted by Gasteiger charge is 1.98. The van der Waals surface area contributed by atoms with Crippen LogP contribution in [0.4, 0.5) is 0 Å². The van der Waals surface area contributed by atoms with Gasteiger partial charge in [-0.2, -0.15) is 0 Å². The van der Waals surface area contributed by atoms with E-state index < -0.39 is 0 Å². The Morgan fingerprint density at radius 1 is 0.444 bits per heavy atom. The molecule has 0 aromatic carbocycles. The van der Waals surface area contributed by atoms with Gasteiger partial charge in [0.15, 0.2) is 0 Å². The first kappa shape index (κ1) is 26.8. The predicted octanol–water partition coefficient (Wildman–Crippen LogP) is 4.17. The van der Waals surface area contributed by atoms with Crippen LogP contribution in [0, 0.1) is 11.8 Å². The summed E-state index contributed by atoms with van der Waals surface area (Å²) in [6, 6.07) is 0. The lowest BCUT2D eigenvalue weighted by atomic mass is 10.1. The third-order valence-corrected chi connectivity index (χ3v) is 5.50. The highest BCUT2D eigenvalue weighted by Crippen LogP contribution is 2.02. The number of unbranched alkanes of at least 4 members (excludes halogenated alkanes) is 4. The van der Waals surface area contributed by atoms with E-state index in [1.165, 1.54) is 84.0 Å². The van der Waals surface area contributed by atoms with Crippen molar-refractivity contribution < 1.29 is 0 Å². The van der Waals surface area contributed by atoms with E-state index in [9.17, 15) is 0 Å². The normalized spacial score (nSPS) is 13.8. The van der Waals surface area contributed by atoms with Gasteiger partial charge < -0.3 is 21.3 Å². The molecule has 0 aliphatic rings. The van der Waals surface area contributed by atoms with Gasteiger partial charge in [-0.15, -0.1) is 0 Å². The van der Waals surface area contributed by atoms with E-state index >= 15 is 0 Å². The second kappa shape index (κ2) is 22.1. The van der Waals surface area contributed by atoms with Crippen LogP contribution >= 0.6 is 0 Å². The fourth-order valence-electron chi connectivity index (χ4n) is 2.94. The summed E-state index contributed by atoms with van der Waals surface area (Å²) in [5, 5.41) is 14.2. The molecule has 2 atom stereocenters. The summed E-state index contributed by atoms with van der Waals surface area (Å²) in [6.45, 7) is 18.5. The summed E-state index contributed by atoms with van der Waals surface area (Å²) in [4.78, 5) is 0. The predicted molar refractivity (Wildman–Crippen MR) is 123 cm³/mol. The Hall–Kier alpha value is -0.160. The van der Waals surface area contributed by atoms with E-state index in [2.05, 4.69) is 49.0 Å². The Labute approximate surface area is 171 Å². The number of rotatable bonds is 22. The van der Waals surface area contributed by atoms with Gasteiger partial charge >= 0.3 is 0 Å². The maximum Gasteiger partial charge on any atom is -0.00232 e. The van der Waals surface area contributed by atoms with Crippen molar-refractivity contribution in [1.29, 1.82) is 0 Å². The Morgan fingerprint density at radius 2 is 0.778 bits per heavy atom. The van der Waals surface area contributed by atoms with E-state index in [1.807, 2.05) is 0 Å². The minimum Gasteiger partial charge on any atom is -0.317 e. The molecule has 0 radical (unpaired) electrons. The highest BCUT2D eigenvalue weighted by atomic mass is 14.9. The van der Waals surface area contributed by atoms with E-state index in [4.69, 9.17) is 0 Å². The van der Waals surface area contributed by atoms with Gasteiger partial charge in [0.05, 0.1) is 0 Å². The lowest BCUT2D eigenvalue weighted by molar-refractivity contribution is 0.485. The molecular formula is C23H52N4. The number of hydrogen-bond donors (Lipinski definition) is 4. The summed E-state index contributed by atoms with van der Waals surface area (Å²) < 4.78 is 0. The van der Waals surface area contributed by atoms with Crippen molar-refractivity contribution in [2.75, 3.05) is 52.4 Å². The molecule has 0 saturated carbocycles. The molecule has 4 heteroatoms. The quantitative estimate of drug-likeness (QED) is 0.212. The van der Waals surface area contributed by atoms with Crippen LogP contribution in [-0.4, -0.2) is 52.4 Å². The second-order valence-electron chi connectivity index (χ2n) is 8.41. The number of hydrogen-bond acceptors (Lipinski definition) is 4. The van der Waals surface area contributed by atoms with Gasteiger partial charge in [0.25, 0.3) is 0 Å². The zero-order valence-electron chi connectivity index (χ0n) is 19.2. The van der Waals surface area contributed by atoms with Crippen LogP contribution in [0.3, 0.4) is 0 Å². The van der Waals surface area contributed by atoms with Crippen LogP contribution in [0.25, 0.3) is 0 Å². The standard InChI is InChI=1S/C23H52N4/c1-5-22(3)20-26-18-12-16-24-14-10-8-7-9-11-15-25-17-13-19-27-21-23(4)6-2/h22-27H,5-21H2,1-4H3/t22-,23-/m0/s1. The molecule has 4 nitrogen and oxygen atoms in total. The zero-order chi connectivity index (χ0) is 20.0. The molecule has 0 aliphatic carbocycles. The Morgan fingerprint density at radius 3 is 1.19 bits per heavy atom. The molecule has 0 bridgehead atoms. The van der Waals surface area contributed by atoms with Crippen molar-refractivity contribution in [3.05, 3.63) is 0 Å². The zero-order valence-corrected chi connectivity index (χ0v) is 19.2. The molecule has 0 aromatic heterocycles. The largest absolute Gasteiger partial charge is 0.317 e. The van der Waals surface area contributed by atoms with Crippen molar-refractivity contribution in [2.45, 2.75) is 85.5 Å². The van der Waals surface area contributed by atoms with Crippen molar-refractivity contribution in [1.82, 2.24) is 21.3 Å². The van der Waals surface area contributed by atoms with Gasteiger partial charge in [-0.1, -0.05) is 59.8 Å². The molecule has 164 valence electrons. The number of nitrogens with one attached hydrogen (secondary N) is 4. The van der Waals surface area contributed by atoms with E-state index in [0.717, 1.165) is 38.0 Å². The summed E-state index contributed by atoms with van der Waals surface area (Å²) >= 11 is 0. The fourth-order valence-corrected chi connectivity index (χ4v) is 2.94. The van der Waals surface area contributed by atoms with Crippen LogP contribution in [0.15, 0.2) is 0 Å². The van der Waals surface area contributed by atoms with Crippen molar-refractivity contribution in [2.24, 2.45) is 11.8 Å². The molecule has 27 heavy (non-hydrogen) atoms. The Bertz CT molecular complexity index is 247. The van der Waals surface area contributed by atoms with Gasteiger partial charge in [0.2, 0.25) is 0 Å². The van der Waals surface area contributed by atoms with E-state index in [0.29, 0.717) is 0 Å². The molecule has 0 spiro atoms. The van der Waals surface area contributed by atoms with Crippen LogP contribution < -0.4 is 21.3 Å². The minimum atomic E-state index is 0.810. The maximum atomic E-state index is 3.58. The topological polar surface area (TPSA) is 48.1 Å². The lowest BCUT2D eigenvalue weighted by Crippen LogP contribution is -2.26. The highest BCUT2D eigenvalue weighted by molar-refractivity contribution is 4.58.